The summed E-state index contributed by atoms with van der Waals surface area (Å²) in [7, 11) is 1.32. The van der Waals surface area contributed by atoms with E-state index in [2.05, 4.69) is 0 Å². The lowest BCUT2D eigenvalue weighted by atomic mass is 10.1. The number of hydrogen-bond donors (Lipinski definition) is 0. The van der Waals surface area contributed by atoms with Crippen molar-refractivity contribution in [3.8, 4) is 0 Å². The predicted octanol–water partition coefficient (Wildman–Crippen LogP) is 3.28. The molecule has 3 unspecified atom stereocenters. The van der Waals surface area contributed by atoms with Gasteiger partial charge in [-0.15, -0.1) is 0 Å². The Morgan fingerprint density at radius 3 is 2.63 bits per heavy atom. The number of carbonyl (C=O) groups excluding carboxylic acids is 1. The third-order valence-corrected chi connectivity index (χ3v) is 5.58. The van der Waals surface area contributed by atoms with Crippen molar-refractivity contribution in [2.75, 3.05) is 13.7 Å². The van der Waals surface area contributed by atoms with Crippen LogP contribution in [0.25, 0.3) is 0 Å². The maximum absolute atomic E-state index is 12.3. The van der Waals surface area contributed by atoms with Crippen molar-refractivity contribution in [3.05, 3.63) is 75.8 Å². The Bertz CT molecular complexity index is 959. The second-order valence-electron chi connectivity index (χ2n) is 7.46. The van der Waals surface area contributed by atoms with Gasteiger partial charge in [-0.2, -0.15) is 0 Å². The van der Waals surface area contributed by atoms with Crippen molar-refractivity contribution < 1.29 is 23.9 Å². The van der Waals surface area contributed by atoms with Gasteiger partial charge in [0, 0.05) is 24.3 Å². The maximum Gasteiger partial charge on any atom is 0.349 e. The van der Waals surface area contributed by atoms with Gasteiger partial charge < -0.3 is 14.2 Å². The number of aliphatic imine (C=N–C) groups is 1. The summed E-state index contributed by atoms with van der Waals surface area (Å²) in [5.74, 6) is -0.00992. The lowest BCUT2D eigenvalue weighted by molar-refractivity contribution is -0.384. The molecule has 30 heavy (non-hydrogen) atoms. The van der Waals surface area contributed by atoms with Crippen LogP contribution in [0.1, 0.15) is 24.0 Å². The van der Waals surface area contributed by atoms with Gasteiger partial charge in [0.05, 0.1) is 18.6 Å². The molecule has 1 aliphatic carbocycles. The highest BCUT2D eigenvalue weighted by atomic mass is 16.6. The van der Waals surface area contributed by atoms with Gasteiger partial charge >= 0.3 is 5.97 Å². The quantitative estimate of drug-likeness (QED) is 0.287. The molecule has 3 atom stereocenters. The zero-order chi connectivity index (χ0) is 21.1. The first-order valence-corrected chi connectivity index (χ1v) is 9.74. The van der Waals surface area contributed by atoms with Gasteiger partial charge in [-0.3, -0.25) is 10.1 Å². The summed E-state index contributed by atoms with van der Waals surface area (Å²) in [5.41, 5.74) is 1.03. The number of non-ortho nitro benzene ring substituents is 1. The van der Waals surface area contributed by atoms with Crippen LogP contribution in [0, 0.1) is 16.0 Å². The summed E-state index contributed by atoms with van der Waals surface area (Å²) in [6.07, 6.45) is 0.644. The summed E-state index contributed by atoms with van der Waals surface area (Å²) in [4.78, 5) is 27.4. The van der Waals surface area contributed by atoms with Crippen LogP contribution < -0.4 is 0 Å². The summed E-state index contributed by atoms with van der Waals surface area (Å²) in [6, 6.07) is 15.9. The number of nitro benzene ring substituents is 1. The molecule has 0 amide bonds. The minimum Gasteiger partial charge on any atom is -0.466 e. The van der Waals surface area contributed by atoms with Crippen LogP contribution in [0.3, 0.4) is 0 Å². The number of carbonyl (C=O) groups is 1. The zero-order valence-electron chi connectivity index (χ0n) is 16.5. The molecule has 1 spiro atoms. The first-order chi connectivity index (χ1) is 14.5. The van der Waals surface area contributed by atoms with Crippen molar-refractivity contribution in [1.29, 1.82) is 0 Å². The molecule has 8 heteroatoms. The molecule has 1 heterocycles. The van der Waals surface area contributed by atoms with E-state index in [1.54, 1.807) is 12.1 Å². The Morgan fingerprint density at radius 1 is 1.23 bits per heavy atom. The minimum atomic E-state index is -0.813. The number of benzene rings is 2. The van der Waals surface area contributed by atoms with Gasteiger partial charge in [-0.25, -0.2) is 9.79 Å². The number of rotatable bonds is 8. The molecule has 0 saturated heterocycles. The van der Waals surface area contributed by atoms with Crippen LogP contribution in [-0.4, -0.2) is 42.1 Å². The fourth-order valence-corrected chi connectivity index (χ4v) is 3.84. The normalized spacial score (nSPS) is 24.2. The fourth-order valence-electron chi connectivity index (χ4n) is 3.84. The first kappa shape index (κ1) is 20.0. The molecule has 2 aromatic rings. The molecule has 156 valence electrons. The number of nitro groups is 1. The van der Waals surface area contributed by atoms with Gasteiger partial charge in [-0.1, -0.05) is 30.3 Å². The average Bonchev–Trinajstić information content (AvgIpc) is 3.32. The van der Waals surface area contributed by atoms with Gasteiger partial charge in [0.15, 0.2) is 0 Å². The van der Waals surface area contributed by atoms with Crippen molar-refractivity contribution >= 4 is 17.6 Å². The Morgan fingerprint density at radius 2 is 1.97 bits per heavy atom. The van der Waals surface area contributed by atoms with Gasteiger partial charge in [-0.05, 0) is 36.5 Å². The van der Waals surface area contributed by atoms with Crippen LogP contribution in [0.5, 0.6) is 0 Å². The number of esters is 1. The Labute approximate surface area is 173 Å². The van der Waals surface area contributed by atoms with Crippen LogP contribution in [0.2, 0.25) is 0 Å². The summed E-state index contributed by atoms with van der Waals surface area (Å²) in [6.45, 7) is 1.09. The van der Waals surface area contributed by atoms with E-state index in [1.165, 1.54) is 19.2 Å². The molecule has 8 nitrogen and oxygen atoms in total. The lowest BCUT2D eigenvalue weighted by Crippen LogP contribution is -2.36. The Hall–Kier alpha value is -3.26. The monoisotopic (exact) mass is 410 g/mol. The van der Waals surface area contributed by atoms with E-state index in [9.17, 15) is 14.9 Å². The molecule has 0 radical (unpaired) electrons. The molecule has 0 aromatic heterocycles. The highest BCUT2D eigenvalue weighted by molar-refractivity contribution is 5.99. The summed E-state index contributed by atoms with van der Waals surface area (Å²) in [5, 5.41) is 10.9. The largest absolute Gasteiger partial charge is 0.466 e. The highest BCUT2D eigenvalue weighted by Crippen LogP contribution is 2.56. The van der Waals surface area contributed by atoms with E-state index in [-0.39, 0.29) is 11.6 Å². The zero-order valence-corrected chi connectivity index (χ0v) is 16.5. The van der Waals surface area contributed by atoms with E-state index in [0.29, 0.717) is 31.1 Å². The number of ether oxygens (including phenoxy) is 3. The molecule has 0 N–H and O–H groups in total. The smallest absolute Gasteiger partial charge is 0.349 e. The fraction of sp³-hybridized carbons (Fsp3) is 0.364. The van der Waals surface area contributed by atoms with Crippen molar-refractivity contribution in [2.24, 2.45) is 10.9 Å². The van der Waals surface area contributed by atoms with Crippen LogP contribution >= 0.6 is 0 Å². The molecule has 4 rings (SSSR count). The summed E-state index contributed by atoms with van der Waals surface area (Å²) >= 11 is 0. The minimum absolute atomic E-state index is 0.0172. The van der Waals surface area contributed by atoms with Crippen molar-refractivity contribution in [1.82, 2.24) is 0 Å². The number of nitrogens with zero attached hydrogens (tertiary/aromatic N) is 2. The molecule has 0 bridgehead atoms. The average molecular weight is 410 g/mol. The topological polar surface area (TPSA) is 100 Å². The molecule has 2 aromatic carbocycles. The Kier molecular flexibility index (Phi) is 5.50. The van der Waals surface area contributed by atoms with Gasteiger partial charge in [0.25, 0.3) is 5.69 Å². The molecular formula is C22H22N2O6. The number of methoxy groups -OCH3 is 1. The van der Waals surface area contributed by atoms with E-state index in [4.69, 9.17) is 19.2 Å². The molecule has 1 saturated carbocycles. The first-order valence-electron chi connectivity index (χ1n) is 9.74. The van der Waals surface area contributed by atoms with E-state index < -0.39 is 22.5 Å². The van der Waals surface area contributed by atoms with Crippen LogP contribution in [0.4, 0.5) is 5.69 Å². The molecule has 2 aliphatic rings. The maximum atomic E-state index is 12.3. The van der Waals surface area contributed by atoms with E-state index in [1.807, 2.05) is 30.3 Å². The third-order valence-electron chi connectivity index (χ3n) is 5.58. The highest BCUT2D eigenvalue weighted by Gasteiger charge is 2.66. The third kappa shape index (κ3) is 3.91. The molecule has 1 fully saturated rings. The lowest BCUT2D eigenvalue weighted by Gasteiger charge is -2.15. The summed E-state index contributed by atoms with van der Waals surface area (Å²) < 4.78 is 16.5. The second kappa shape index (κ2) is 8.23. The van der Waals surface area contributed by atoms with E-state index in [0.717, 1.165) is 12.0 Å². The standard InChI is InChI=1S/C22H22N2O6/c1-28-21(25)19-22(13-17(22)11-12-29-14-15-5-3-2-4-6-15)23-20(30-19)16-7-9-18(10-8-16)24(26)27/h2-10,17,19H,11-14H2,1H3. The van der Waals surface area contributed by atoms with Gasteiger partial charge in [0.2, 0.25) is 12.0 Å². The van der Waals surface area contributed by atoms with Crippen molar-refractivity contribution in [2.45, 2.75) is 31.1 Å². The second-order valence-corrected chi connectivity index (χ2v) is 7.46. The predicted molar refractivity (Wildman–Crippen MR) is 108 cm³/mol. The SMILES string of the molecule is COC(=O)C1OC(c2ccc([N+](=O)[O-])cc2)=NC12CC2CCOCc1ccccc1. The van der Waals surface area contributed by atoms with Crippen LogP contribution in [0.15, 0.2) is 59.6 Å². The molecule has 1 aliphatic heterocycles. The Balaban J connectivity index is 1.42. The molecular weight excluding hydrogens is 388 g/mol. The van der Waals surface area contributed by atoms with Crippen LogP contribution in [-0.2, 0) is 25.6 Å². The van der Waals surface area contributed by atoms with Crippen molar-refractivity contribution in [3.63, 3.8) is 0 Å². The van der Waals surface area contributed by atoms with Gasteiger partial charge in [0.1, 0.15) is 5.54 Å². The number of hydrogen-bond acceptors (Lipinski definition) is 7. The van der Waals surface area contributed by atoms with E-state index >= 15 is 0 Å².